The molecule has 0 heterocycles. The zero-order chi connectivity index (χ0) is 43.5. The lowest BCUT2D eigenvalue weighted by Crippen LogP contribution is -1.84. The molecule has 0 atom stereocenters. The molecule has 0 unspecified atom stereocenters. The van der Waals surface area contributed by atoms with Gasteiger partial charge in [-0.3, -0.25) is 0 Å². The Bertz CT molecular complexity index is 1910. The standard InChI is InChI=1S/C14H14O2.C13H14O.C10H14.C9H12O.C8H10O2/c1-15-13-7-3-11(4-8-13)12-5-9-14(16-2)10-6-12;1-3-10-4-5-12-9-13(14-2)7-6-11(12)8-10;1-3-9-5-7-10(4-2)8-6-9;1-3-8-4-6-9(10-2)7-5-8;1-9-7-3-5-8(10-2)6-4-7/h3-10H,1-2H3;4-9H,3H2,1-2H3;5-8H,3-4H2,1-2H3;4-7H,3H2,1-2H3;3-6H,1-2H3. The highest BCUT2D eigenvalue weighted by Crippen LogP contribution is 2.25. The molecule has 6 nitrogen and oxygen atoms in total. The second kappa shape index (κ2) is 27.3. The predicted molar refractivity (Wildman–Crippen MR) is 252 cm³/mol. The number of aryl methyl sites for hydroxylation is 4. The van der Waals surface area contributed by atoms with Crippen LogP contribution < -0.4 is 28.4 Å². The van der Waals surface area contributed by atoms with Crippen LogP contribution in [0.25, 0.3) is 21.9 Å². The van der Waals surface area contributed by atoms with Crippen LogP contribution >= 0.6 is 0 Å². The van der Waals surface area contributed by atoms with Crippen LogP contribution in [-0.2, 0) is 25.7 Å². The first-order chi connectivity index (χ1) is 29.3. The third-order valence-corrected chi connectivity index (χ3v) is 9.74. The first kappa shape index (κ1) is 48.0. The molecule has 0 bridgehead atoms. The Balaban J connectivity index is 0.000000203. The second-order valence-corrected chi connectivity index (χ2v) is 13.5. The molecule has 0 saturated carbocycles. The van der Waals surface area contributed by atoms with Crippen LogP contribution in [-0.4, -0.2) is 42.7 Å². The molecule has 0 aromatic heterocycles. The summed E-state index contributed by atoms with van der Waals surface area (Å²) in [6.45, 7) is 8.68. The molecular formula is C54H64O6. The fraction of sp³-hybridized carbons (Fsp3) is 0.259. The summed E-state index contributed by atoms with van der Waals surface area (Å²) in [6.07, 6.45) is 4.46. The monoisotopic (exact) mass is 808 g/mol. The molecule has 0 N–H and O–H groups in total. The highest BCUT2D eigenvalue weighted by molar-refractivity contribution is 5.84. The van der Waals surface area contributed by atoms with Gasteiger partial charge in [-0.1, -0.05) is 113 Å². The van der Waals surface area contributed by atoms with Crippen LogP contribution in [0.4, 0.5) is 0 Å². The van der Waals surface area contributed by atoms with Crippen molar-refractivity contribution < 1.29 is 28.4 Å². The molecule has 7 aromatic rings. The van der Waals surface area contributed by atoms with Crippen LogP contribution in [0.1, 0.15) is 49.9 Å². The van der Waals surface area contributed by atoms with Crippen LogP contribution in [0, 0.1) is 0 Å². The van der Waals surface area contributed by atoms with Crippen molar-refractivity contribution in [3.05, 3.63) is 180 Å². The fourth-order valence-electron chi connectivity index (χ4n) is 5.77. The van der Waals surface area contributed by atoms with Gasteiger partial charge >= 0.3 is 0 Å². The Morgan fingerprint density at radius 3 is 0.800 bits per heavy atom. The van der Waals surface area contributed by atoms with E-state index < -0.39 is 0 Å². The van der Waals surface area contributed by atoms with E-state index in [-0.39, 0.29) is 0 Å². The fourth-order valence-corrected chi connectivity index (χ4v) is 5.77. The summed E-state index contributed by atoms with van der Waals surface area (Å²) >= 11 is 0. The van der Waals surface area contributed by atoms with Crippen LogP contribution in [0.15, 0.2) is 158 Å². The number of fused-ring (bicyclic) bond motifs is 1. The summed E-state index contributed by atoms with van der Waals surface area (Å²) in [5.74, 6) is 5.29. The molecule has 0 saturated heterocycles. The van der Waals surface area contributed by atoms with Gasteiger partial charge in [0, 0.05) is 0 Å². The van der Waals surface area contributed by atoms with Crippen molar-refractivity contribution in [3.8, 4) is 45.6 Å². The molecule has 7 aromatic carbocycles. The minimum absolute atomic E-state index is 0.848. The van der Waals surface area contributed by atoms with Gasteiger partial charge in [0.25, 0.3) is 0 Å². The van der Waals surface area contributed by atoms with Gasteiger partial charge in [-0.05, 0) is 143 Å². The van der Waals surface area contributed by atoms with E-state index >= 15 is 0 Å². The number of hydrogen-bond donors (Lipinski definition) is 0. The van der Waals surface area contributed by atoms with Crippen molar-refractivity contribution in [1.82, 2.24) is 0 Å². The van der Waals surface area contributed by atoms with E-state index in [0.717, 1.165) is 60.2 Å². The third-order valence-electron chi connectivity index (χ3n) is 9.74. The topological polar surface area (TPSA) is 55.4 Å². The lowest BCUT2D eigenvalue weighted by atomic mass is 10.1. The molecule has 0 radical (unpaired) electrons. The Kier molecular flexibility index (Phi) is 21.8. The molecule has 60 heavy (non-hydrogen) atoms. The molecule has 316 valence electrons. The lowest BCUT2D eigenvalue weighted by molar-refractivity contribution is 0.403. The van der Waals surface area contributed by atoms with E-state index in [1.54, 1.807) is 42.7 Å². The minimum Gasteiger partial charge on any atom is -0.497 e. The molecule has 0 amide bonds. The van der Waals surface area contributed by atoms with E-state index in [9.17, 15) is 0 Å². The molecule has 0 spiro atoms. The van der Waals surface area contributed by atoms with Gasteiger partial charge in [-0.2, -0.15) is 0 Å². The maximum Gasteiger partial charge on any atom is 0.119 e. The summed E-state index contributed by atoms with van der Waals surface area (Å²) in [5.41, 5.74) is 7.92. The highest BCUT2D eigenvalue weighted by atomic mass is 16.5. The summed E-state index contributed by atoms with van der Waals surface area (Å²) in [5, 5.41) is 2.52. The smallest absolute Gasteiger partial charge is 0.119 e. The Hall–Kier alpha value is -6.40. The predicted octanol–water partition coefficient (Wildman–Crippen LogP) is 13.6. The minimum atomic E-state index is 0.848. The SMILES string of the molecule is CCc1ccc(CC)cc1.CCc1ccc(OC)cc1.CCc1ccc2cc(OC)ccc2c1.COc1ccc(-c2ccc(OC)cc2)cc1.COc1ccc(OC)cc1. The average Bonchev–Trinajstić information content (AvgIpc) is 3.34. The van der Waals surface area contributed by atoms with Crippen molar-refractivity contribution in [2.24, 2.45) is 0 Å². The van der Waals surface area contributed by atoms with E-state index in [2.05, 4.69) is 94.4 Å². The number of benzene rings is 7. The van der Waals surface area contributed by atoms with Gasteiger partial charge in [0.05, 0.1) is 42.7 Å². The molecular weight excluding hydrogens is 745 g/mol. The average molecular weight is 809 g/mol. The van der Waals surface area contributed by atoms with E-state index in [4.69, 9.17) is 28.4 Å². The molecule has 0 aliphatic carbocycles. The quantitative estimate of drug-likeness (QED) is 0.130. The van der Waals surface area contributed by atoms with E-state index in [1.807, 2.05) is 91.0 Å². The Morgan fingerprint density at radius 2 is 0.483 bits per heavy atom. The summed E-state index contributed by atoms with van der Waals surface area (Å²) in [4.78, 5) is 0. The van der Waals surface area contributed by atoms with Gasteiger partial charge in [0.15, 0.2) is 0 Å². The van der Waals surface area contributed by atoms with Crippen LogP contribution in [0.2, 0.25) is 0 Å². The largest absolute Gasteiger partial charge is 0.497 e. The first-order valence-electron chi connectivity index (χ1n) is 20.5. The Labute approximate surface area is 359 Å². The van der Waals surface area contributed by atoms with Gasteiger partial charge in [-0.25, -0.2) is 0 Å². The maximum absolute atomic E-state index is 5.18. The lowest BCUT2D eigenvalue weighted by Gasteiger charge is -2.05. The Morgan fingerprint density at radius 1 is 0.250 bits per heavy atom. The second-order valence-electron chi connectivity index (χ2n) is 13.5. The number of rotatable bonds is 11. The summed E-state index contributed by atoms with van der Waals surface area (Å²) in [6, 6.07) is 53.1. The normalized spacial score (nSPS) is 9.77. The number of hydrogen-bond acceptors (Lipinski definition) is 6. The summed E-state index contributed by atoms with van der Waals surface area (Å²) in [7, 11) is 10.00. The number of ether oxygens (including phenoxy) is 6. The van der Waals surface area contributed by atoms with Gasteiger partial charge in [0.2, 0.25) is 0 Å². The molecule has 6 heteroatoms. The molecule has 0 fully saturated rings. The van der Waals surface area contributed by atoms with Gasteiger partial charge in [-0.15, -0.1) is 0 Å². The van der Waals surface area contributed by atoms with Crippen molar-refractivity contribution in [2.75, 3.05) is 42.7 Å². The zero-order valence-corrected chi connectivity index (χ0v) is 37.3. The van der Waals surface area contributed by atoms with Crippen molar-refractivity contribution >= 4 is 10.8 Å². The van der Waals surface area contributed by atoms with E-state index in [1.165, 1.54) is 44.2 Å². The maximum atomic E-state index is 5.18. The van der Waals surface area contributed by atoms with Crippen LogP contribution in [0.3, 0.4) is 0 Å². The van der Waals surface area contributed by atoms with Crippen molar-refractivity contribution in [2.45, 2.75) is 53.4 Å². The molecule has 7 rings (SSSR count). The molecule has 0 aliphatic heterocycles. The molecule has 0 aliphatic rings. The third kappa shape index (κ3) is 16.5. The van der Waals surface area contributed by atoms with Gasteiger partial charge < -0.3 is 28.4 Å². The number of methoxy groups -OCH3 is 6. The van der Waals surface area contributed by atoms with Crippen LogP contribution in [0.5, 0.6) is 34.5 Å². The van der Waals surface area contributed by atoms with Gasteiger partial charge in [0.1, 0.15) is 34.5 Å². The van der Waals surface area contributed by atoms with Crippen molar-refractivity contribution in [3.63, 3.8) is 0 Å². The highest BCUT2D eigenvalue weighted by Gasteiger charge is 2.00. The first-order valence-corrected chi connectivity index (χ1v) is 20.5. The van der Waals surface area contributed by atoms with E-state index in [0.29, 0.717) is 0 Å². The van der Waals surface area contributed by atoms with Crippen molar-refractivity contribution in [1.29, 1.82) is 0 Å². The zero-order valence-electron chi connectivity index (χ0n) is 37.3. The summed E-state index contributed by atoms with van der Waals surface area (Å²) < 4.78 is 30.4.